The van der Waals surface area contributed by atoms with E-state index in [1.807, 2.05) is 55.5 Å². The van der Waals surface area contributed by atoms with Crippen LogP contribution >= 0.6 is 0 Å². The number of hydrogen-bond acceptors (Lipinski definition) is 3. The highest BCUT2D eigenvalue weighted by Gasteiger charge is 2.41. The van der Waals surface area contributed by atoms with Gasteiger partial charge in [0.25, 0.3) is 0 Å². The van der Waals surface area contributed by atoms with E-state index in [1.165, 1.54) is 18.3 Å². The van der Waals surface area contributed by atoms with Crippen LogP contribution in [-0.4, -0.2) is 18.0 Å². The molecule has 1 fully saturated rings. The predicted octanol–water partition coefficient (Wildman–Crippen LogP) is 10.2. The number of nitrogens with two attached hydrogens (primary N) is 1. The number of nitriles is 1. The highest BCUT2D eigenvalue weighted by atomic mass is 19.4. The summed E-state index contributed by atoms with van der Waals surface area (Å²) in [6.45, 7) is 17.2. The van der Waals surface area contributed by atoms with Crippen LogP contribution in [0.25, 0.3) is 22.4 Å². The fourth-order valence-corrected chi connectivity index (χ4v) is 6.56. The standard InChI is InChI=1S/C39H37F3N2.C2H5N/c1-27(2)31-13-9-15-33(23-31)32-14-8-10-29(22-32)25-38(4,36-17-16-34(26-43)37(24-36)39(40,41)42)35-18-20-44(21-19-35)28(3)30-11-6-5-7-12-30;1-2-3/h5-17,22-24,35H,1,3,18-21,25H2,2,4H3;2H,1,3H2. The van der Waals surface area contributed by atoms with Crippen molar-refractivity contribution < 1.29 is 13.2 Å². The van der Waals surface area contributed by atoms with Crippen LogP contribution < -0.4 is 5.73 Å². The SMILES string of the molecule is C=C(C)c1cccc(-c2cccc(CC(C)(c3ccc(C#N)c(C(F)(F)F)c3)C3CCN(C(=C)c4ccccc4)CC3)c2)c1.C=CN. The number of nitrogens with zero attached hydrogens (tertiary/aromatic N) is 2. The van der Waals surface area contributed by atoms with Crippen LogP contribution in [0.5, 0.6) is 0 Å². The Morgan fingerprint density at radius 1 is 0.894 bits per heavy atom. The zero-order valence-corrected chi connectivity index (χ0v) is 27.2. The molecule has 47 heavy (non-hydrogen) atoms. The average molecular weight is 634 g/mol. The van der Waals surface area contributed by atoms with Crippen LogP contribution in [0.1, 0.15) is 60.1 Å². The number of rotatable bonds is 8. The normalized spacial score (nSPS) is 14.6. The predicted molar refractivity (Wildman–Crippen MR) is 188 cm³/mol. The molecule has 1 unspecified atom stereocenters. The summed E-state index contributed by atoms with van der Waals surface area (Å²) >= 11 is 0. The lowest BCUT2D eigenvalue weighted by molar-refractivity contribution is -0.137. The molecule has 3 nitrogen and oxygen atoms in total. The Hall–Kier alpha value is -5.02. The van der Waals surface area contributed by atoms with E-state index in [9.17, 15) is 18.4 Å². The second kappa shape index (κ2) is 15.0. The fourth-order valence-electron chi connectivity index (χ4n) is 6.56. The summed E-state index contributed by atoms with van der Waals surface area (Å²) in [6, 6.07) is 32.6. The molecule has 242 valence electrons. The number of alkyl halides is 3. The number of benzene rings is 4. The van der Waals surface area contributed by atoms with E-state index in [0.29, 0.717) is 12.0 Å². The van der Waals surface area contributed by atoms with E-state index in [-0.39, 0.29) is 11.5 Å². The minimum Gasteiger partial charge on any atom is -0.405 e. The quantitative estimate of drug-likeness (QED) is 0.210. The molecular formula is C41H42F3N3. The molecule has 0 saturated carbocycles. The first kappa shape index (κ1) is 34.8. The van der Waals surface area contributed by atoms with Crippen molar-refractivity contribution in [3.8, 4) is 17.2 Å². The molecule has 4 aromatic rings. The first-order chi connectivity index (χ1) is 22.4. The Morgan fingerprint density at radius 2 is 1.49 bits per heavy atom. The summed E-state index contributed by atoms with van der Waals surface area (Å²) in [5.41, 5.74) is 10.7. The summed E-state index contributed by atoms with van der Waals surface area (Å²) in [7, 11) is 0. The second-order valence-electron chi connectivity index (χ2n) is 12.3. The van der Waals surface area contributed by atoms with Crippen molar-refractivity contribution in [1.29, 1.82) is 5.26 Å². The molecule has 0 bridgehead atoms. The molecule has 4 aromatic carbocycles. The van der Waals surface area contributed by atoms with Crippen molar-refractivity contribution >= 4 is 11.3 Å². The van der Waals surface area contributed by atoms with Gasteiger partial charge in [0.15, 0.2) is 0 Å². The average Bonchev–Trinajstić information content (AvgIpc) is 3.08. The number of piperidine rings is 1. The first-order valence-corrected chi connectivity index (χ1v) is 15.7. The lowest BCUT2D eigenvalue weighted by Crippen LogP contribution is -2.42. The van der Waals surface area contributed by atoms with Gasteiger partial charge in [-0.15, -0.1) is 0 Å². The molecule has 1 heterocycles. The van der Waals surface area contributed by atoms with Gasteiger partial charge in [0.2, 0.25) is 0 Å². The van der Waals surface area contributed by atoms with Gasteiger partial charge in [0.1, 0.15) is 0 Å². The number of hydrogen-bond donors (Lipinski definition) is 1. The van der Waals surface area contributed by atoms with Crippen molar-refractivity contribution in [1.82, 2.24) is 4.90 Å². The Kier molecular flexibility index (Phi) is 11.2. The van der Waals surface area contributed by atoms with E-state index in [2.05, 4.69) is 67.6 Å². The topological polar surface area (TPSA) is 53.0 Å². The van der Waals surface area contributed by atoms with Crippen LogP contribution in [0.3, 0.4) is 0 Å². The first-order valence-electron chi connectivity index (χ1n) is 15.7. The molecule has 0 spiro atoms. The van der Waals surface area contributed by atoms with Crippen molar-refractivity contribution in [2.45, 2.75) is 44.7 Å². The van der Waals surface area contributed by atoms with Crippen LogP contribution in [0.2, 0.25) is 0 Å². The second-order valence-corrected chi connectivity index (χ2v) is 12.3. The summed E-state index contributed by atoms with van der Waals surface area (Å²) in [5.74, 6) is 0.117. The highest BCUT2D eigenvalue weighted by molar-refractivity contribution is 5.71. The summed E-state index contributed by atoms with van der Waals surface area (Å²) < 4.78 is 42.4. The van der Waals surface area contributed by atoms with Crippen molar-refractivity contribution in [2.75, 3.05) is 13.1 Å². The third-order valence-electron chi connectivity index (χ3n) is 9.18. The van der Waals surface area contributed by atoms with Gasteiger partial charge in [-0.25, -0.2) is 0 Å². The lowest BCUT2D eigenvalue weighted by atomic mass is 9.64. The largest absolute Gasteiger partial charge is 0.417 e. The Bertz CT molecular complexity index is 1760. The molecule has 1 atom stereocenters. The maximum atomic E-state index is 14.1. The summed E-state index contributed by atoms with van der Waals surface area (Å²) in [4.78, 5) is 2.28. The van der Waals surface area contributed by atoms with E-state index >= 15 is 0 Å². The van der Waals surface area contributed by atoms with Crippen molar-refractivity contribution in [3.63, 3.8) is 0 Å². The number of halogens is 3. The molecule has 6 heteroatoms. The van der Waals surface area contributed by atoms with Crippen LogP contribution in [0, 0.1) is 17.2 Å². The lowest BCUT2D eigenvalue weighted by Gasteiger charge is -2.44. The maximum absolute atomic E-state index is 14.1. The third kappa shape index (κ3) is 8.23. The summed E-state index contributed by atoms with van der Waals surface area (Å²) in [6.07, 6.45) is -1.18. The molecule has 1 saturated heterocycles. The molecule has 0 amide bonds. The van der Waals surface area contributed by atoms with Gasteiger partial charge < -0.3 is 10.6 Å². The Morgan fingerprint density at radius 3 is 2.09 bits per heavy atom. The van der Waals surface area contributed by atoms with Gasteiger partial charge in [-0.3, -0.25) is 0 Å². The molecule has 1 aliphatic heterocycles. The highest BCUT2D eigenvalue weighted by Crippen LogP contribution is 2.44. The third-order valence-corrected chi connectivity index (χ3v) is 9.18. The molecular weight excluding hydrogens is 591 g/mol. The van der Waals surface area contributed by atoms with Gasteiger partial charge in [0.05, 0.1) is 17.2 Å². The minimum atomic E-state index is -4.62. The molecule has 5 rings (SSSR count). The molecule has 0 aromatic heterocycles. The zero-order chi connectivity index (χ0) is 34.2. The number of likely N-dealkylation sites (tertiary alicyclic amines) is 1. The van der Waals surface area contributed by atoms with Crippen LogP contribution in [0.4, 0.5) is 13.2 Å². The fraction of sp³-hybridized carbons (Fsp3) is 0.244. The zero-order valence-electron chi connectivity index (χ0n) is 27.2. The molecule has 0 radical (unpaired) electrons. The minimum absolute atomic E-state index is 0.117. The smallest absolute Gasteiger partial charge is 0.405 e. The van der Waals surface area contributed by atoms with E-state index in [4.69, 9.17) is 0 Å². The Labute approximate surface area is 277 Å². The van der Waals surface area contributed by atoms with Crippen molar-refractivity contribution in [3.05, 3.63) is 156 Å². The van der Waals surface area contributed by atoms with E-state index in [1.54, 1.807) is 12.1 Å². The van der Waals surface area contributed by atoms with Crippen LogP contribution in [-0.2, 0) is 18.0 Å². The van der Waals surface area contributed by atoms with Crippen LogP contribution in [0.15, 0.2) is 123 Å². The van der Waals surface area contributed by atoms with Gasteiger partial charge in [-0.2, -0.15) is 18.4 Å². The Balaban J connectivity index is 0.00000160. The summed E-state index contributed by atoms with van der Waals surface area (Å²) in [5, 5.41) is 9.46. The van der Waals surface area contributed by atoms with Gasteiger partial charge in [-0.05, 0) is 95.3 Å². The van der Waals surface area contributed by atoms with E-state index < -0.39 is 17.2 Å². The monoisotopic (exact) mass is 633 g/mol. The van der Waals surface area contributed by atoms with Gasteiger partial charge >= 0.3 is 6.18 Å². The van der Waals surface area contributed by atoms with Crippen molar-refractivity contribution in [2.24, 2.45) is 11.7 Å². The molecule has 0 aliphatic carbocycles. The molecule has 1 aliphatic rings. The molecule has 2 N–H and O–H groups in total. The number of allylic oxidation sites excluding steroid dienone is 1. The van der Waals surface area contributed by atoms with E-state index in [0.717, 1.165) is 65.0 Å². The maximum Gasteiger partial charge on any atom is 0.417 e. The van der Waals surface area contributed by atoms with Gasteiger partial charge in [0, 0.05) is 18.8 Å². The van der Waals surface area contributed by atoms with Gasteiger partial charge in [-0.1, -0.05) is 111 Å².